The second-order valence-corrected chi connectivity index (χ2v) is 7.82. The quantitative estimate of drug-likeness (QED) is 0.528. The van der Waals surface area contributed by atoms with E-state index in [1.807, 2.05) is 31.2 Å². The maximum Gasteiger partial charge on any atom is 0.191 e. The topological polar surface area (TPSA) is 108 Å². The number of aliphatic hydroxyl groups is 4. The molecule has 1 aliphatic carbocycles. The Balaban J connectivity index is 1.61. The zero-order valence-electron chi connectivity index (χ0n) is 16.6. The predicted molar refractivity (Wildman–Crippen MR) is 108 cm³/mol. The van der Waals surface area contributed by atoms with Crippen molar-refractivity contribution in [1.29, 1.82) is 0 Å². The Morgan fingerprint density at radius 3 is 2.60 bits per heavy atom. The molecule has 30 heavy (non-hydrogen) atoms. The molecule has 1 aliphatic heterocycles. The van der Waals surface area contributed by atoms with Crippen LogP contribution in [0.15, 0.2) is 36.7 Å². The first-order valence-corrected chi connectivity index (χ1v) is 9.91. The Bertz CT molecular complexity index is 1020. The largest absolute Gasteiger partial charge is 0.394 e. The number of benzene rings is 1. The van der Waals surface area contributed by atoms with Crippen LogP contribution in [0.3, 0.4) is 0 Å². The van der Waals surface area contributed by atoms with E-state index in [2.05, 4.69) is 28.8 Å². The highest BCUT2D eigenvalue weighted by Crippen LogP contribution is 2.32. The second kappa shape index (κ2) is 8.23. The molecule has 0 radical (unpaired) electrons. The van der Waals surface area contributed by atoms with Gasteiger partial charge in [-0.2, -0.15) is 5.10 Å². The Hall–Kier alpha value is -2.65. The van der Waals surface area contributed by atoms with Crippen LogP contribution in [0.2, 0.25) is 0 Å². The average Bonchev–Trinajstić information content (AvgIpc) is 3.47. The zero-order valence-corrected chi connectivity index (χ0v) is 16.6. The molecule has 2 fully saturated rings. The van der Waals surface area contributed by atoms with Crippen LogP contribution in [0.4, 0.5) is 0 Å². The predicted octanol–water partition coefficient (Wildman–Crippen LogP) is 0.158. The second-order valence-electron chi connectivity index (χ2n) is 7.82. The van der Waals surface area contributed by atoms with E-state index in [9.17, 15) is 20.4 Å². The van der Waals surface area contributed by atoms with Gasteiger partial charge in [-0.1, -0.05) is 41.4 Å². The lowest BCUT2D eigenvalue weighted by molar-refractivity contribution is -0.239. The Labute approximate surface area is 174 Å². The normalized spacial score (nSPS) is 30.7. The number of hydrogen-bond donors (Lipinski definition) is 4. The van der Waals surface area contributed by atoms with Crippen molar-refractivity contribution in [2.75, 3.05) is 6.61 Å². The Kier molecular flexibility index (Phi) is 5.66. The van der Waals surface area contributed by atoms with Crippen LogP contribution in [-0.2, 0) is 4.74 Å². The first kappa shape index (κ1) is 20.6. The van der Waals surface area contributed by atoms with Crippen molar-refractivity contribution in [2.45, 2.75) is 49.8 Å². The van der Waals surface area contributed by atoms with Gasteiger partial charge in [-0.15, -0.1) is 0 Å². The van der Waals surface area contributed by atoms with Crippen molar-refractivity contribution in [2.24, 2.45) is 5.92 Å². The smallest absolute Gasteiger partial charge is 0.191 e. The fraction of sp³-hybridized carbons (Fsp3) is 0.435. The highest BCUT2D eigenvalue weighted by Gasteiger charge is 2.53. The van der Waals surface area contributed by atoms with Crippen LogP contribution in [0, 0.1) is 36.5 Å². The lowest BCUT2D eigenvalue weighted by Crippen LogP contribution is -2.65. The van der Waals surface area contributed by atoms with E-state index in [0.717, 1.165) is 24.1 Å². The SMILES string of the molecule is Cc1ccc(-n2cc(C#C[C@H]3O[C@H](CO)[C@@H](O)[C@H](O)[C@@]3(O)C#CC3CC3)cn2)cc1. The van der Waals surface area contributed by atoms with Gasteiger partial charge < -0.3 is 25.2 Å². The van der Waals surface area contributed by atoms with E-state index >= 15 is 0 Å². The number of rotatable bonds is 2. The van der Waals surface area contributed by atoms with Crippen LogP contribution < -0.4 is 0 Å². The molecule has 0 amide bonds. The molecule has 1 aromatic carbocycles. The molecule has 156 valence electrons. The van der Waals surface area contributed by atoms with Gasteiger partial charge in [0.15, 0.2) is 11.7 Å². The highest BCUT2D eigenvalue weighted by atomic mass is 16.5. The molecule has 0 bridgehead atoms. The number of aromatic nitrogens is 2. The minimum absolute atomic E-state index is 0.176. The van der Waals surface area contributed by atoms with Crippen LogP contribution in [0.5, 0.6) is 0 Å². The first-order chi connectivity index (χ1) is 14.4. The fourth-order valence-electron chi connectivity index (χ4n) is 3.23. The lowest BCUT2D eigenvalue weighted by Gasteiger charge is -2.43. The minimum atomic E-state index is -2.06. The molecule has 0 unspecified atom stereocenters. The number of ether oxygens (including phenoxy) is 1. The summed E-state index contributed by atoms with van der Waals surface area (Å²) in [7, 11) is 0. The summed E-state index contributed by atoms with van der Waals surface area (Å²) >= 11 is 0. The third-order valence-corrected chi connectivity index (χ3v) is 5.33. The van der Waals surface area contributed by atoms with Gasteiger partial charge in [-0.05, 0) is 31.9 Å². The molecule has 5 atom stereocenters. The van der Waals surface area contributed by atoms with Crippen LogP contribution >= 0.6 is 0 Å². The molecule has 1 saturated carbocycles. The van der Waals surface area contributed by atoms with Crippen molar-refractivity contribution in [1.82, 2.24) is 9.78 Å². The van der Waals surface area contributed by atoms with E-state index in [4.69, 9.17) is 4.74 Å². The molecule has 2 aromatic rings. The number of aryl methyl sites for hydroxylation is 1. The van der Waals surface area contributed by atoms with Gasteiger partial charge in [0.2, 0.25) is 0 Å². The molecular formula is C23H24N2O5. The standard InChI is InChI=1S/C23H24N2O5/c1-15-2-7-18(8-3-15)25-13-17(12-24-25)6-9-20-23(29,11-10-16-4-5-16)22(28)21(27)19(14-26)30-20/h2-3,7-8,12-13,16,19-22,26-29H,4-5,14H2,1H3/t19-,20-,21-,22+,23-/m1/s1. The van der Waals surface area contributed by atoms with Gasteiger partial charge in [0.1, 0.15) is 18.3 Å². The number of nitrogens with zero attached hydrogens (tertiary/aromatic N) is 2. The Morgan fingerprint density at radius 2 is 1.93 bits per heavy atom. The van der Waals surface area contributed by atoms with Gasteiger partial charge >= 0.3 is 0 Å². The molecule has 2 heterocycles. The van der Waals surface area contributed by atoms with Crippen LogP contribution in [-0.4, -0.2) is 66.8 Å². The molecule has 0 spiro atoms. The van der Waals surface area contributed by atoms with E-state index in [0.29, 0.717) is 5.56 Å². The van der Waals surface area contributed by atoms with Gasteiger partial charge in [0, 0.05) is 12.1 Å². The third kappa shape index (κ3) is 4.13. The molecule has 7 heteroatoms. The molecule has 4 rings (SSSR count). The maximum atomic E-state index is 11.0. The average molecular weight is 408 g/mol. The summed E-state index contributed by atoms with van der Waals surface area (Å²) in [6.07, 6.45) is -0.171. The van der Waals surface area contributed by atoms with Crippen LogP contribution in [0.1, 0.15) is 24.0 Å². The lowest BCUT2D eigenvalue weighted by atomic mass is 9.82. The summed E-state index contributed by atoms with van der Waals surface area (Å²) in [6, 6.07) is 7.86. The molecule has 2 aliphatic rings. The molecule has 1 aromatic heterocycles. The van der Waals surface area contributed by atoms with Gasteiger partial charge in [0.25, 0.3) is 0 Å². The van der Waals surface area contributed by atoms with E-state index in [-0.39, 0.29) is 5.92 Å². The van der Waals surface area contributed by atoms with Gasteiger partial charge in [0.05, 0.1) is 24.1 Å². The summed E-state index contributed by atoms with van der Waals surface area (Å²) in [5.41, 5.74) is 0.547. The zero-order chi connectivity index (χ0) is 21.3. The van der Waals surface area contributed by atoms with Gasteiger partial charge in [-0.25, -0.2) is 4.68 Å². The molecule has 1 saturated heterocycles. The van der Waals surface area contributed by atoms with Crippen molar-refractivity contribution >= 4 is 0 Å². The fourth-order valence-corrected chi connectivity index (χ4v) is 3.23. The minimum Gasteiger partial charge on any atom is -0.394 e. The van der Waals surface area contributed by atoms with Crippen LogP contribution in [0.25, 0.3) is 5.69 Å². The summed E-state index contributed by atoms with van der Waals surface area (Å²) in [6.45, 7) is 1.49. The third-order valence-electron chi connectivity index (χ3n) is 5.33. The van der Waals surface area contributed by atoms with Gasteiger partial charge in [-0.3, -0.25) is 0 Å². The summed E-state index contributed by atoms with van der Waals surface area (Å²) in [4.78, 5) is 0. The summed E-state index contributed by atoms with van der Waals surface area (Å²) < 4.78 is 7.28. The van der Waals surface area contributed by atoms with Crippen molar-refractivity contribution in [3.05, 3.63) is 47.8 Å². The molecule has 7 nitrogen and oxygen atoms in total. The summed E-state index contributed by atoms with van der Waals surface area (Å²) in [5.74, 6) is 11.5. The molecule has 4 N–H and O–H groups in total. The number of hydrogen-bond acceptors (Lipinski definition) is 6. The highest BCUT2D eigenvalue weighted by molar-refractivity contribution is 5.40. The van der Waals surface area contributed by atoms with E-state index < -0.39 is 36.6 Å². The Morgan fingerprint density at radius 1 is 1.20 bits per heavy atom. The molecular weight excluding hydrogens is 384 g/mol. The summed E-state index contributed by atoms with van der Waals surface area (Å²) in [5, 5.41) is 45.5. The van der Waals surface area contributed by atoms with Crippen molar-refractivity contribution < 1.29 is 25.2 Å². The van der Waals surface area contributed by atoms with E-state index in [1.54, 1.807) is 17.1 Å². The van der Waals surface area contributed by atoms with E-state index in [1.165, 1.54) is 0 Å². The van der Waals surface area contributed by atoms with Crippen molar-refractivity contribution in [3.8, 4) is 29.4 Å². The first-order valence-electron chi connectivity index (χ1n) is 9.91. The monoisotopic (exact) mass is 408 g/mol. The number of aliphatic hydroxyl groups excluding tert-OH is 3. The van der Waals surface area contributed by atoms with Crippen molar-refractivity contribution in [3.63, 3.8) is 0 Å². The maximum absolute atomic E-state index is 11.0.